The number of hydrogen-bond acceptors (Lipinski definition) is 5. The molecule has 0 aliphatic heterocycles. The highest BCUT2D eigenvalue weighted by molar-refractivity contribution is 7.89. The largest absolute Gasteiger partial charge is 0.491 e. The van der Waals surface area contributed by atoms with Gasteiger partial charge in [0.25, 0.3) is 5.91 Å². The zero-order valence-electron chi connectivity index (χ0n) is 17.4. The molecule has 1 amide bonds. The number of thiocarbonyl (C=S) groups is 1. The van der Waals surface area contributed by atoms with Crippen LogP contribution < -0.4 is 20.1 Å². The Kier molecular flexibility index (Phi) is 8.33. The lowest BCUT2D eigenvalue weighted by atomic mass is 10.2. The van der Waals surface area contributed by atoms with E-state index in [1.54, 1.807) is 43.3 Å². The molecule has 7 nitrogen and oxygen atoms in total. The molecular weight excluding hydrogens is 422 g/mol. The van der Waals surface area contributed by atoms with Gasteiger partial charge in [-0.3, -0.25) is 10.1 Å². The van der Waals surface area contributed by atoms with Crippen LogP contribution in [0.2, 0.25) is 0 Å². The number of carbonyl (C=O) groups is 1. The lowest BCUT2D eigenvalue weighted by molar-refractivity contribution is 0.0977. The summed E-state index contributed by atoms with van der Waals surface area (Å²) in [6.07, 6.45) is 0.692. The molecule has 3 N–H and O–H groups in total. The van der Waals surface area contributed by atoms with Crippen molar-refractivity contribution < 1.29 is 17.9 Å². The Labute approximate surface area is 183 Å². The van der Waals surface area contributed by atoms with Gasteiger partial charge in [-0.2, -0.15) is 0 Å². The molecule has 0 spiro atoms. The molecule has 30 heavy (non-hydrogen) atoms. The maximum absolute atomic E-state index is 12.4. The van der Waals surface area contributed by atoms with E-state index in [-0.39, 0.29) is 28.1 Å². The number of anilines is 1. The number of ether oxygens (including phenoxy) is 1. The average molecular weight is 450 g/mol. The molecular formula is C21H27N3O4S2. The van der Waals surface area contributed by atoms with Crippen LogP contribution in [-0.4, -0.2) is 31.6 Å². The quantitative estimate of drug-likeness (QED) is 0.532. The Morgan fingerprint density at radius 2 is 1.77 bits per heavy atom. The number of carbonyl (C=O) groups excluding carboxylic acids is 1. The van der Waals surface area contributed by atoms with Crippen LogP contribution in [0.1, 0.15) is 44.5 Å². The van der Waals surface area contributed by atoms with Gasteiger partial charge in [0.15, 0.2) is 5.11 Å². The van der Waals surface area contributed by atoms with Crippen LogP contribution in [0, 0.1) is 0 Å². The van der Waals surface area contributed by atoms with Gasteiger partial charge in [-0.05, 0) is 81.9 Å². The summed E-state index contributed by atoms with van der Waals surface area (Å²) >= 11 is 5.19. The maximum atomic E-state index is 12.4. The fourth-order valence-electron chi connectivity index (χ4n) is 2.45. The van der Waals surface area contributed by atoms with Crippen molar-refractivity contribution in [3.63, 3.8) is 0 Å². The van der Waals surface area contributed by atoms with Crippen LogP contribution in [-0.2, 0) is 10.0 Å². The van der Waals surface area contributed by atoms with Crippen molar-refractivity contribution in [3.8, 4) is 5.75 Å². The molecule has 9 heteroatoms. The standard InChI is InChI=1S/C21H27N3O4S2/c1-5-15(4)24-30(26,27)19-11-9-17(10-12-19)22-21(29)23-20(25)16-7-6-8-18(13-16)28-14(2)3/h6-15,24H,5H2,1-4H3,(H2,22,23,25,29). The summed E-state index contributed by atoms with van der Waals surface area (Å²) in [5.74, 6) is 0.220. The predicted octanol–water partition coefficient (Wildman–Crippen LogP) is 3.68. The zero-order chi connectivity index (χ0) is 22.3. The van der Waals surface area contributed by atoms with Gasteiger partial charge >= 0.3 is 0 Å². The number of sulfonamides is 1. The van der Waals surface area contributed by atoms with Gasteiger partial charge in [-0.25, -0.2) is 13.1 Å². The summed E-state index contributed by atoms with van der Waals surface area (Å²) in [6.45, 7) is 7.52. The summed E-state index contributed by atoms with van der Waals surface area (Å²) in [6, 6.07) is 12.8. The Bertz CT molecular complexity index is 990. The van der Waals surface area contributed by atoms with Crippen LogP contribution in [0.5, 0.6) is 5.75 Å². The molecule has 0 saturated carbocycles. The first kappa shape index (κ1) is 23.8. The van der Waals surface area contributed by atoms with Crippen LogP contribution in [0.4, 0.5) is 5.69 Å². The van der Waals surface area contributed by atoms with Gasteiger partial charge in [-0.1, -0.05) is 13.0 Å². The number of rotatable bonds is 8. The Morgan fingerprint density at radius 3 is 2.37 bits per heavy atom. The van der Waals surface area contributed by atoms with E-state index in [0.717, 1.165) is 0 Å². The maximum Gasteiger partial charge on any atom is 0.257 e. The molecule has 1 atom stereocenters. The monoisotopic (exact) mass is 449 g/mol. The molecule has 2 rings (SSSR count). The Hall–Kier alpha value is -2.49. The van der Waals surface area contributed by atoms with E-state index in [2.05, 4.69) is 15.4 Å². The number of nitrogens with one attached hydrogen (secondary N) is 3. The van der Waals surface area contributed by atoms with E-state index in [0.29, 0.717) is 23.4 Å². The van der Waals surface area contributed by atoms with Crippen LogP contribution >= 0.6 is 12.2 Å². The number of benzene rings is 2. The highest BCUT2D eigenvalue weighted by Crippen LogP contribution is 2.16. The SMILES string of the molecule is CCC(C)NS(=O)(=O)c1ccc(NC(=S)NC(=O)c2cccc(OC(C)C)c2)cc1. The minimum Gasteiger partial charge on any atom is -0.491 e. The smallest absolute Gasteiger partial charge is 0.257 e. The predicted molar refractivity (Wildman–Crippen MR) is 122 cm³/mol. The fraction of sp³-hybridized carbons (Fsp3) is 0.333. The zero-order valence-corrected chi connectivity index (χ0v) is 19.1. The van der Waals surface area contributed by atoms with Gasteiger partial charge in [0, 0.05) is 17.3 Å². The summed E-state index contributed by atoms with van der Waals surface area (Å²) in [7, 11) is -3.58. The van der Waals surface area contributed by atoms with E-state index >= 15 is 0 Å². The second-order valence-corrected chi connectivity index (χ2v) is 9.18. The lowest BCUT2D eigenvalue weighted by Gasteiger charge is -2.13. The Balaban J connectivity index is 1.99. The molecule has 2 aromatic carbocycles. The van der Waals surface area contributed by atoms with Gasteiger partial charge in [0.1, 0.15) is 5.75 Å². The van der Waals surface area contributed by atoms with E-state index in [1.165, 1.54) is 12.1 Å². The summed E-state index contributed by atoms with van der Waals surface area (Å²) in [4.78, 5) is 12.6. The molecule has 1 unspecified atom stereocenters. The first-order valence-corrected chi connectivity index (χ1v) is 11.5. The van der Waals surface area contributed by atoms with Gasteiger partial charge in [-0.15, -0.1) is 0 Å². The van der Waals surface area contributed by atoms with Crippen molar-refractivity contribution in [1.29, 1.82) is 0 Å². The minimum absolute atomic E-state index is 0.00164. The van der Waals surface area contributed by atoms with Crippen LogP contribution in [0.25, 0.3) is 0 Å². The van der Waals surface area contributed by atoms with E-state index in [9.17, 15) is 13.2 Å². The topological polar surface area (TPSA) is 96.5 Å². The normalized spacial score (nSPS) is 12.3. The first-order chi connectivity index (χ1) is 14.1. The molecule has 0 bridgehead atoms. The molecule has 2 aromatic rings. The van der Waals surface area contributed by atoms with Crippen LogP contribution in [0.15, 0.2) is 53.4 Å². The third-order valence-corrected chi connectivity index (χ3v) is 5.90. The molecule has 0 aliphatic carbocycles. The number of amides is 1. The second-order valence-electron chi connectivity index (χ2n) is 7.06. The van der Waals surface area contributed by atoms with E-state index in [1.807, 2.05) is 20.8 Å². The lowest BCUT2D eigenvalue weighted by Crippen LogP contribution is -2.34. The minimum atomic E-state index is -3.58. The van der Waals surface area contributed by atoms with Crippen LogP contribution in [0.3, 0.4) is 0 Å². The second kappa shape index (κ2) is 10.5. The first-order valence-electron chi connectivity index (χ1n) is 9.62. The Morgan fingerprint density at radius 1 is 1.10 bits per heavy atom. The molecule has 0 aromatic heterocycles. The fourth-order valence-corrected chi connectivity index (χ4v) is 3.99. The summed E-state index contributed by atoms with van der Waals surface area (Å²) < 4.78 is 32.8. The average Bonchev–Trinajstić information content (AvgIpc) is 2.67. The summed E-state index contributed by atoms with van der Waals surface area (Å²) in [5.41, 5.74) is 0.967. The van der Waals surface area contributed by atoms with Gasteiger partial charge in [0.2, 0.25) is 10.0 Å². The summed E-state index contributed by atoms with van der Waals surface area (Å²) in [5, 5.41) is 5.57. The third-order valence-electron chi connectivity index (χ3n) is 4.09. The van der Waals surface area contributed by atoms with Gasteiger partial charge in [0.05, 0.1) is 11.0 Å². The van der Waals surface area contributed by atoms with Crippen molar-refractivity contribution in [2.24, 2.45) is 0 Å². The molecule has 0 radical (unpaired) electrons. The molecule has 0 saturated heterocycles. The number of hydrogen-bond donors (Lipinski definition) is 3. The van der Waals surface area contributed by atoms with Gasteiger partial charge < -0.3 is 10.1 Å². The van der Waals surface area contributed by atoms with Crippen molar-refractivity contribution >= 4 is 38.9 Å². The molecule has 0 fully saturated rings. The molecule has 0 aliphatic rings. The molecule has 162 valence electrons. The highest BCUT2D eigenvalue weighted by Gasteiger charge is 2.16. The van der Waals surface area contributed by atoms with E-state index in [4.69, 9.17) is 17.0 Å². The highest BCUT2D eigenvalue weighted by atomic mass is 32.2. The van der Waals surface area contributed by atoms with Crippen molar-refractivity contribution in [2.75, 3.05) is 5.32 Å². The van der Waals surface area contributed by atoms with Crippen molar-refractivity contribution in [3.05, 3.63) is 54.1 Å². The van der Waals surface area contributed by atoms with E-state index < -0.39 is 10.0 Å². The van der Waals surface area contributed by atoms with Crippen molar-refractivity contribution in [1.82, 2.24) is 10.0 Å². The third kappa shape index (κ3) is 7.08. The molecule has 0 heterocycles. The van der Waals surface area contributed by atoms with Crippen molar-refractivity contribution in [2.45, 2.75) is 51.2 Å².